The SMILES string of the molecule is CC12CC(n3ccc(B4OC(C)(C)C(C)(C)O4)n3)(C1)C2. The van der Waals surface area contributed by atoms with Gasteiger partial charge < -0.3 is 9.31 Å². The number of aromatic nitrogens is 2. The van der Waals surface area contributed by atoms with E-state index in [0.717, 1.165) is 5.59 Å². The molecule has 0 aromatic carbocycles. The molecule has 1 aliphatic heterocycles. The maximum atomic E-state index is 6.06. The molecule has 0 spiro atoms. The van der Waals surface area contributed by atoms with E-state index in [2.05, 4.69) is 45.5 Å². The average molecular weight is 274 g/mol. The summed E-state index contributed by atoms with van der Waals surface area (Å²) in [6.07, 6.45) is 5.90. The first kappa shape index (κ1) is 12.9. The van der Waals surface area contributed by atoms with Crippen molar-refractivity contribution in [1.29, 1.82) is 0 Å². The lowest BCUT2D eigenvalue weighted by Gasteiger charge is -2.69. The van der Waals surface area contributed by atoms with E-state index in [4.69, 9.17) is 14.4 Å². The molecule has 3 aliphatic carbocycles. The molecule has 108 valence electrons. The van der Waals surface area contributed by atoms with E-state index < -0.39 is 0 Å². The van der Waals surface area contributed by atoms with Crippen molar-refractivity contribution < 1.29 is 9.31 Å². The van der Waals surface area contributed by atoms with Crippen LogP contribution in [0.2, 0.25) is 0 Å². The highest BCUT2D eigenvalue weighted by molar-refractivity contribution is 6.61. The van der Waals surface area contributed by atoms with Crippen molar-refractivity contribution in [2.75, 3.05) is 0 Å². The highest BCUT2D eigenvalue weighted by Crippen LogP contribution is 2.70. The molecule has 2 heterocycles. The Hall–Kier alpha value is -0.805. The fourth-order valence-corrected chi connectivity index (χ4v) is 4.16. The standard InChI is InChI=1S/C15H23BN2O2/c1-12(2)13(3,4)20-16(19-12)11-6-7-18(17-11)15-8-14(5,9-15)10-15/h6-7H,8-10H2,1-5H3. The first-order valence-electron chi connectivity index (χ1n) is 7.57. The zero-order valence-electron chi connectivity index (χ0n) is 13.1. The third-order valence-corrected chi connectivity index (χ3v) is 5.86. The molecular formula is C15H23BN2O2. The van der Waals surface area contributed by atoms with E-state index in [9.17, 15) is 0 Å². The van der Waals surface area contributed by atoms with Gasteiger partial charge in [-0.15, -0.1) is 0 Å². The Balaban J connectivity index is 1.55. The Morgan fingerprint density at radius 1 is 1.05 bits per heavy atom. The van der Waals surface area contributed by atoms with Crippen LogP contribution in [0, 0.1) is 5.41 Å². The van der Waals surface area contributed by atoms with Gasteiger partial charge in [0.25, 0.3) is 0 Å². The van der Waals surface area contributed by atoms with Crippen LogP contribution < -0.4 is 5.59 Å². The van der Waals surface area contributed by atoms with Crippen LogP contribution in [0.25, 0.3) is 0 Å². The molecule has 4 aliphatic rings. The third kappa shape index (κ3) is 1.48. The fraction of sp³-hybridized carbons (Fsp3) is 0.800. The summed E-state index contributed by atoms with van der Waals surface area (Å²) in [5.74, 6) is 0. The van der Waals surface area contributed by atoms with Crippen molar-refractivity contribution >= 4 is 12.7 Å². The number of hydrogen-bond donors (Lipinski definition) is 0. The van der Waals surface area contributed by atoms with Crippen molar-refractivity contribution in [3.05, 3.63) is 12.3 Å². The van der Waals surface area contributed by atoms with Crippen molar-refractivity contribution in [3.63, 3.8) is 0 Å². The number of rotatable bonds is 2. The first-order chi connectivity index (χ1) is 9.15. The lowest BCUT2D eigenvalue weighted by Crippen LogP contribution is -2.66. The Bertz CT molecular complexity index is 542. The molecule has 1 saturated heterocycles. The van der Waals surface area contributed by atoms with E-state index in [-0.39, 0.29) is 18.3 Å². The van der Waals surface area contributed by atoms with Gasteiger partial charge >= 0.3 is 7.12 Å². The van der Waals surface area contributed by atoms with Crippen LogP contribution in [-0.2, 0) is 14.8 Å². The molecule has 0 atom stereocenters. The van der Waals surface area contributed by atoms with E-state index in [1.807, 2.05) is 6.07 Å². The quantitative estimate of drug-likeness (QED) is 0.775. The maximum absolute atomic E-state index is 6.06. The van der Waals surface area contributed by atoms with Gasteiger partial charge in [-0.05, 0) is 58.4 Å². The van der Waals surface area contributed by atoms with Gasteiger partial charge in [-0.3, -0.25) is 4.68 Å². The van der Waals surface area contributed by atoms with Crippen molar-refractivity contribution in [3.8, 4) is 0 Å². The van der Waals surface area contributed by atoms with Crippen LogP contribution in [-0.4, -0.2) is 28.1 Å². The summed E-state index contributed by atoms with van der Waals surface area (Å²) in [6, 6.07) is 2.05. The normalized spacial score (nSPS) is 40.4. The minimum Gasteiger partial charge on any atom is -0.398 e. The Kier molecular flexibility index (Phi) is 2.15. The molecule has 0 N–H and O–H groups in total. The Labute approximate surface area is 121 Å². The van der Waals surface area contributed by atoms with Crippen molar-refractivity contribution in [2.24, 2.45) is 5.41 Å². The molecule has 3 saturated carbocycles. The lowest BCUT2D eigenvalue weighted by molar-refractivity contribution is -0.180. The second kappa shape index (κ2) is 3.33. The van der Waals surface area contributed by atoms with E-state index in [0.29, 0.717) is 11.0 Å². The van der Waals surface area contributed by atoms with Gasteiger partial charge in [0, 0.05) is 6.20 Å². The minimum atomic E-state index is -0.343. The van der Waals surface area contributed by atoms with Crippen molar-refractivity contribution in [2.45, 2.75) is 70.6 Å². The van der Waals surface area contributed by atoms with Gasteiger partial charge in [-0.25, -0.2) is 0 Å². The molecule has 5 rings (SSSR count). The topological polar surface area (TPSA) is 36.3 Å². The summed E-state index contributed by atoms with van der Waals surface area (Å²) in [5.41, 5.74) is 1.20. The molecule has 4 fully saturated rings. The zero-order chi connectivity index (χ0) is 14.4. The van der Waals surface area contributed by atoms with Gasteiger partial charge in [0.2, 0.25) is 0 Å². The Morgan fingerprint density at radius 2 is 1.60 bits per heavy atom. The molecule has 0 amide bonds. The molecule has 0 unspecified atom stereocenters. The summed E-state index contributed by atoms with van der Waals surface area (Å²) in [6.45, 7) is 10.7. The predicted octanol–water partition coefficient (Wildman–Crippen LogP) is 2.08. The summed E-state index contributed by atoms with van der Waals surface area (Å²) in [7, 11) is -0.343. The average Bonchev–Trinajstić information content (AvgIpc) is 2.77. The van der Waals surface area contributed by atoms with Gasteiger partial charge in [0.05, 0.1) is 22.3 Å². The maximum Gasteiger partial charge on any atom is 0.516 e. The van der Waals surface area contributed by atoms with Crippen LogP contribution in [0.1, 0.15) is 53.9 Å². The summed E-state index contributed by atoms with van der Waals surface area (Å²) in [4.78, 5) is 0. The van der Waals surface area contributed by atoms with Gasteiger partial charge in [0.15, 0.2) is 0 Å². The van der Waals surface area contributed by atoms with Crippen LogP contribution in [0.4, 0.5) is 0 Å². The van der Waals surface area contributed by atoms with Gasteiger partial charge in [-0.2, -0.15) is 5.10 Å². The molecule has 4 nitrogen and oxygen atoms in total. The molecule has 20 heavy (non-hydrogen) atoms. The molecule has 1 aromatic rings. The first-order valence-corrected chi connectivity index (χ1v) is 7.57. The second-order valence-electron chi connectivity index (χ2n) is 8.34. The largest absolute Gasteiger partial charge is 0.516 e. The lowest BCUT2D eigenvalue weighted by atomic mass is 9.40. The Morgan fingerprint density at radius 3 is 2.10 bits per heavy atom. The molecule has 5 heteroatoms. The molecular weight excluding hydrogens is 251 g/mol. The zero-order valence-corrected chi connectivity index (χ0v) is 13.1. The number of hydrogen-bond acceptors (Lipinski definition) is 3. The van der Waals surface area contributed by atoms with E-state index in [1.165, 1.54) is 19.3 Å². The van der Waals surface area contributed by atoms with Crippen LogP contribution in [0.15, 0.2) is 12.3 Å². The smallest absolute Gasteiger partial charge is 0.398 e. The highest BCUT2D eigenvalue weighted by Gasteiger charge is 2.66. The van der Waals surface area contributed by atoms with Crippen LogP contribution >= 0.6 is 0 Å². The van der Waals surface area contributed by atoms with E-state index >= 15 is 0 Å². The summed E-state index contributed by atoms with van der Waals surface area (Å²) < 4.78 is 14.3. The van der Waals surface area contributed by atoms with Crippen LogP contribution in [0.3, 0.4) is 0 Å². The van der Waals surface area contributed by atoms with Crippen molar-refractivity contribution in [1.82, 2.24) is 9.78 Å². The third-order valence-electron chi connectivity index (χ3n) is 5.86. The molecule has 1 aromatic heterocycles. The monoisotopic (exact) mass is 274 g/mol. The molecule has 2 bridgehead atoms. The summed E-state index contributed by atoms with van der Waals surface area (Å²) in [5, 5.41) is 4.75. The minimum absolute atomic E-state index is 0.300. The molecule has 0 radical (unpaired) electrons. The van der Waals surface area contributed by atoms with E-state index in [1.54, 1.807) is 0 Å². The predicted molar refractivity (Wildman–Crippen MR) is 77.9 cm³/mol. The van der Waals surface area contributed by atoms with Gasteiger partial charge in [-0.1, -0.05) is 6.92 Å². The highest BCUT2D eigenvalue weighted by atomic mass is 16.7. The summed E-state index contributed by atoms with van der Waals surface area (Å²) >= 11 is 0. The second-order valence-corrected chi connectivity index (χ2v) is 8.34. The van der Waals surface area contributed by atoms with Crippen LogP contribution in [0.5, 0.6) is 0 Å². The number of nitrogens with zero attached hydrogens (tertiary/aromatic N) is 2. The fourth-order valence-electron chi connectivity index (χ4n) is 4.16. The van der Waals surface area contributed by atoms with Gasteiger partial charge in [0.1, 0.15) is 0 Å².